The average molecular weight is 420 g/mol. The summed E-state index contributed by atoms with van der Waals surface area (Å²) >= 11 is 1.57. The summed E-state index contributed by atoms with van der Waals surface area (Å²) in [7, 11) is 0. The van der Waals surface area contributed by atoms with Crippen LogP contribution in [0.1, 0.15) is 17.0 Å². The highest BCUT2D eigenvalue weighted by Crippen LogP contribution is 2.24. The molecule has 4 aromatic rings. The molecule has 0 spiro atoms. The molecular formula is C24H22FN3OS. The van der Waals surface area contributed by atoms with Gasteiger partial charge in [0.2, 0.25) is 0 Å². The summed E-state index contributed by atoms with van der Waals surface area (Å²) in [5.74, 6) is 2.12. The van der Waals surface area contributed by atoms with E-state index >= 15 is 0 Å². The third kappa shape index (κ3) is 5.07. The Morgan fingerprint density at radius 3 is 2.37 bits per heavy atom. The van der Waals surface area contributed by atoms with Crippen molar-refractivity contribution in [1.82, 2.24) is 14.8 Å². The monoisotopic (exact) mass is 419 g/mol. The fourth-order valence-electron chi connectivity index (χ4n) is 3.06. The second-order valence-electron chi connectivity index (χ2n) is 6.88. The second-order valence-corrected chi connectivity index (χ2v) is 7.95. The molecule has 6 heteroatoms. The van der Waals surface area contributed by atoms with Gasteiger partial charge in [0.05, 0.1) is 6.61 Å². The molecule has 152 valence electrons. The van der Waals surface area contributed by atoms with Crippen molar-refractivity contribution in [2.24, 2.45) is 0 Å². The lowest BCUT2D eigenvalue weighted by Crippen LogP contribution is -2.05. The molecule has 0 aliphatic heterocycles. The lowest BCUT2D eigenvalue weighted by Gasteiger charge is -2.11. The zero-order valence-electron chi connectivity index (χ0n) is 16.7. The van der Waals surface area contributed by atoms with Gasteiger partial charge in [0, 0.05) is 17.9 Å². The van der Waals surface area contributed by atoms with E-state index in [-0.39, 0.29) is 5.82 Å². The van der Waals surface area contributed by atoms with Crippen molar-refractivity contribution in [1.29, 1.82) is 0 Å². The van der Waals surface area contributed by atoms with Crippen LogP contribution in [-0.2, 0) is 6.42 Å². The summed E-state index contributed by atoms with van der Waals surface area (Å²) < 4.78 is 21.3. The molecule has 4 rings (SSSR count). The number of aryl methyl sites for hydroxylation is 1. The quantitative estimate of drug-likeness (QED) is 0.280. The molecule has 0 atom stereocenters. The molecule has 0 bridgehead atoms. The molecule has 1 aromatic heterocycles. The maximum Gasteiger partial charge on any atom is 0.195 e. The molecule has 0 unspecified atom stereocenters. The van der Waals surface area contributed by atoms with Crippen LogP contribution in [0, 0.1) is 12.7 Å². The van der Waals surface area contributed by atoms with Crippen molar-refractivity contribution in [2.75, 3.05) is 12.4 Å². The van der Waals surface area contributed by atoms with Crippen LogP contribution in [-0.4, -0.2) is 27.1 Å². The van der Waals surface area contributed by atoms with E-state index < -0.39 is 0 Å². The third-order valence-electron chi connectivity index (χ3n) is 4.59. The van der Waals surface area contributed by atoms with Gasteiger partial charge in [0.1, 0.15) is 17.4 Å². The highest BCUT2D eigenvalue weighted by Gasteiger charge is 2.15. The first-order chi connectivity index (χ1) is 14.7. The van der Waals surface area contributed by atoms with Gasteiger partial charge in [-0.25, -0.2) is 4.39 Å². The number of nitrogens with zero attached hydrogens (tertiary/aromatic N) is 3. The van der Waals surface area contributed by atoms with Gasteiger partial charge in [0.15, 0.2) is 5.16 Å². The first-order valence-corrected chi connectivity index (χ1v) is 10.7. The Morgan fingerprint density at radius 1 is 0.900 bits per heavy atom. The summed E-state index contributed by atoms with van der Waals surface area (Å²) in [4.78, 5) is 0. The Morgan fingerprint density at radius 2 is 1.63 bits per heavy atom. The first-order valence-electron chi connectivity index (χ1n) is 9.75. The van der Waals surface area contributed by atoms with Crippen LogP contribution >= 0.6 is 11.8 Å². The first kappa shape index (κ1) is 20.2. The number of aromatic nitrogens is 3. The van der Waals surface area contributed by atoms with Crippen LogP contribution in [0.5, 0.6) is 5.75 Å². The number of thioether (sulfide) groups is 1. The fourth-order valence-corrected chi connectivity index (χ4v) is 3.85. The number of hydrogen-bond acceptors (Lipinski definition) is 4. The Kier molecular flexibility index (Phi) is 6.44. The SMILES string of the molecule is Cc1ccc(OCCSc2nnc(Cc3ccccc3)n2-c2ccc(F)cc2)cc1. The average Bonchev–Trinajstić information content (AvgIpc) is 3.16. The third-order valence-corrected chi connectivity index (χ3v) is 5.49. The van der Waals surface area contributed by atoms with Crippen LogP contribution < -0.4 is 4.74 Å². The summed E-state index contributed by atoms with van der Waals surface area (Å²) in [6.07, 6.45) is 0.644. The fraction of sp³-hybridized carbons (Fsp3) is 0.167. The number of benzene rings is 3. The van der Waals surface area contributed by atoms with E-state index in [0.29, 0.717) is 13.0 Å². The number of ether oxygens (including phenoxy) is 1. The lowest BCUT2D eigenvalue weighted by atomic mass is 10.1. The predicted molar refractivity (Wildman–Crippen MR) is 118 cm³/mol. The number of rotatable bonds is 8. The highest BCUT2D eigenvalue weighted by atomic mass is 32.2. The van der Waals surface area contributed by atoms with Gasteiger partial charge >= 0.3 is 0 Å². The zero-order chi connectivity index (χ0) is 20.8. The van der Waals surface area contributed by atoms with Gasteiger partial charge < -0.3 is 4.74 Å². The molecule has 0 saturated heterocycles. The van der Waals surface area contributed by atoms with Crippen molar-refractivity contribution >= 4 is 11.8 Å². The Bertz CT molecular complexity index is 1080. The highest BCUT2D eigenvalue weighted by molar-refractivity contribution is 7.99. The number of halogens is 1. The van der Waals surface area contributed by atoms with Crippen LogP contribution in [0.15, 0.2) is 84.0 Å². The van der Waals surface area contributed by atoms with E-state index in [2.05, 4.69) is 29.3 Å². The van der Waals surface area contributed by atoms with Crippen molar-refractivity contribution < 1.29 is 9.13 Å². The topological polar surface area (TPSA) is 39.9 Å². The normalized spacial score (nSPS) is 10.9. The molecule has 0 aliphatic rings. The van der Waals surface area contributed by atoms with Crippen LogP contribution in [0.2, 0.25) is 0 Å². The Balaban J connectivity index is 1.50. The largest absolute Gasteiger partial charge is 0.493 e. The van der Waals surface area contributed by atoms with E-state index in [9.17, 15) is 4.39 Å². The van der Waals surface area contributed by atoms with E-state index in [4.69, 9.17) is 4.74 Å². The van der Waals surface area contributed by atoms with Gasteiger partial charge in [-0.05, 0) is 48.9 Å². The predicted octanol–water partition coefficient (Wildman–Crippen LogP) is 5.48. The zero-order valence-corrected chi connectivity index (χ0v) is 17.5. The van der Waals surface area contributed by atoms with Gasteiger partial charge in [-0.15, -0.1) is 10.2 Å². The molecule has 30 heavy (non-hydrogen) atoms. The van der Waals surface area contributed by atoms with Crippen molar-refractivity contribution in [3.05, 3.63) is 102 Å². The lowest BCUT2D eigenvalue weighted by molar-refractivity contribution is 0.344. The molecule has 0 aliphatic carbocycles. The Labute approximate surface area is 179 Å². The van der Waals surface area contributed by atoms with Gasteiger partial charge in [-0.2, -0.15) is 0 Å². The molecule has 0 amide bonds. The summed E-state index contributed by atoms with van der Waals surface area (Å²) in [5.41, 5.74) is 3.19. The molecule has 1 heterocycles. The molecule has 4 nitrogen and oxygen atoms in total. The van der Waals surface area contributed by atoms with Gasteiger partial charge in [-0.3, -0.25) is 4.57 Å². The minimum Gasteiger partial charge on any atom is -0.493 e. The van der Waals surface area contributed by atoms with E-state index in [0.717, 1.165) is 33.7 Å². The minimum absolute atomic E-state index is 0.267. The molecule has 0 N–H and O–H groups in total. The molecule has 0 fully saturated rings. The van der Waals surface area contributed by atoms with Crippen LogP contribution in [0.3, 0.4) is 0 Å². The molecule has 0 saturated carbocycles. The maximum atomic E-state index is 13.4. The summed E-state index contributed by atoms with van der Waals surface area (Å²) in [6.45, 7) is 2.60. The van der Waals surface area contributed by atoms with Crippen LogP contribution in [0.25, 0.3) is 5.69 Å². The van der Waals surface area contributed by atoms with Crippen LogP contribution in [0.4, 0.5) is 4.39 Å². The molecule has 0 radical (unpaired) electrons. The van der Waals surface area contributed by atoms with E-state index in [1.54, 1.807) is 23.9 Å². The van der Waals surface area contributed by atoms with Crippen molar-refractivity contribution in [3.8, 4) is 11.4 Å². The standard InChI is InChI=1S/C24H22FN3OS/c1-18-7-13-22(14-8-18)29-15-16-30-24-27-26-23(17-19-5-3-2-4-6-19)28(24)21-11-9-20(25)10-12-21/h2-14H,15-17H2,1H3. The number of hydrogen-bond donors (Lipinski definition) is 0. The van der Waals surface area contributed by atoms with E-state index in [1.165, 1.54) is 17.7 Å². The molecule has 3 aromatic carbocycles. The smallest absolute Gasteiger partial charge is 0.195 e. The van der Waals surface area contributed by atoms with Gasteiger partial charge in [0.25, 0.3) is 0 Å². The maximum absolute atomic E-state index is 13.4. The molecular weight excluding hydrogens is 397 g/mol. The summed E-state index contributed by atoms with van der Waals surface area (Å²) in [6, 6.07) is 24.5. The second kappa shape index (κ2) is 9.59. The Hall–Kier alpha value is -3.12. The summed E-state index contributed by atoms with van der Waals surface area (Å²) in [5, 5.41) is 9.57. The van der Waals surface area contributed by atoms with Crippen molar-refractivity contribution in [2.45, 2.75) is 18.5 Å². The van der Waals surface area contributed by atoms with Gasteiger partial charge in [-0.1, -0.05) is 59.8 Å². The minimum atomic E-state index is -0.267. The van der Waals surface area contributed by atoms with E-state index in [1.807, 2.05) is 47.0 Å². The van der Waals surface area contributed by atoms with Crippen molar-refractivity contribution in [3.63, 3.8) is 0 Å².